The van der Waals surface area contributed by atoms with Crippen molar-refractivity contribution >= 4 is 51.6 Å². The van der Waals surface area contributed by atoms with Crippen molar-refractivity contribution in [1.82, 2.24) is 0 Å². The highest BCUT2D eigenvalue weighted by Gasteiger charge is 2.29. The molecular weight excluding hydrogens is 569 g/mol. The van der Waals surface area contributed by atoms with Gasteiger partial charge in [-0.2, -0.15) is 0 Å². The van der Waals surface area contributed by atoms with E-state index in [1.165, 1.54) is 30.2 Å². The van der Waals surface area contributed by atoms with Crippen LogP contribution in [0.1, 0.15) is 50.9 Å². The summed E-state index contributed by atoms with van der Waals surface area (Å²) in [7, 11) is 1.37. The molecule has 0 saturated carbocycles. The van der Waals surface area contributed by atoms with Crippen LogP contribution >= 0.6 is 23.1 Å². The molecular formula is C33H32N2O5S2. The quantitative estimate of drug-likeness (QED) is 0.113. The van der Waals surface area contributed by atoms with Gasteiger partial charge in [0.15, 0.2) is 6.61 Å². The minimum absolute atomic E-state index is 0.121. The van der Waals surface area contributed by atoms with Crippen LogP contribution in [0.25, 0.3) is 0 Å². The lowest BCUT2D eigenvalue weighted by Gasteiger charge is -2.18. The van der Waals surface area contributed by atoms with Crippen LogP contribution in [0.15, 0.2) is 89.8 Å². The molecule has 2 amide bonds. The van der Waals surface area contributed by atoms with E-state index in [0.717, 1.165) is 53.0 Å². The van der Waals surface area contributed by atoms with Crippen molar-refractivity contribution < 1.29 is 23.9 Å². The normalized spacial score (nSPS) is 13.3. The van der Waals surface area contributed by atoms with Gasteiger partial charge >= 0.3 is 5.97 Å². The first-order chi connectivity index (χ1) is 20.5. The Labute approximate surface area is 253 Å². The molecule has 0 radical (unpaired) electrons. The fourth-order valence-electron chi connectivity index (χ4n) is 4.87. The second kappa shape index (κ2) is 14.2. The third-order valence-corrected chi connectivity index (χ3v) is 9.33. The van der Waals surface area contributed by atoms with Gasteiger partial charge in [-0.15, -0.1) is 23.1 Å². The molecule has 2 N–H and O–H groups in total. The van der Waals surface area contributed by atoms with Crippen LogP contribution in [0.5, 0.6) is 5.75 Å². The molecule has 1 atom stereocenters. The summed E-state index contributed by atoms with van der Waals surface area (Å²) in [6.45, 7) is -0.121. The lowest BCUT2D eigenvalue weighted by atomic mass is 10.1. The fraction of sp³-hybridized carbons (Fsp3) is 0.242. The maximum atomic E-state index is 13.9. The van der Waals surface area contributed by atoms with Gasteiger partial charge in [0.2, 0.25) is 5.91 Å². The molecule has 3 aromatic carbocycles. The van der Waals surface area contributed by atoms with Crippen molar-refractivity contribution in [3.63, 3.8) is 0 Å². The minimum Gasteiger partial charge on any atom is -0.484 e. The molecule has 9 heteroatoms. The first-order valence-corrected chi connectivity index (χ1v) is 15.5. The standard InChI is InChI=1S/C33H32N2O5S2/c1-39-33(38)29-26-18-9-4-10-19-27(26)42-32(29)35-31(37)30(22-12-5-2-6-13-22)41-25-17-11-14-23(20-25)34-28(36)21-40-24-15-7-3-8-16-24/h2-3,5-8,11-17,20,30H,4,9-10,18-19,21H2,1H3,(H,34,36)(H,35,37). The molecule has 0 spiro atoms. The third kappa shape index (κ3) is 7.40. The monoisotopic (exact) mass is 600 g/mol. The number of benzene rings is 3. The smallest absolute Gasteiger partial charge is 0.341 e. The number of amides is 2. The van der Waals surface area contributed by atoms with Crippen molar-refractivity contribution in [2.75, 3.05) is 24.4 Å². The molecule has 1 heterocycles. The van der Waals surface area contributed by atoms with E-state index < -0.39 is 11.2 Å². The number of nitrogens with one attached hydrogen (secondary N) is 2. The molecule has 42 heavy (non-hydrogen) atoms. The number of hydrogen-bond donors (Lipinski definition) is 2. The van der Waals surface area contributed by atoms with E-state index in [4.69, 9.17) is 9.47 Å². The van der Waals surface area contributed by atoms with E-state index in [9.17, 15) is 14.4 Å². The maximum absolute atomic E-state index is 13.9. The summed E-state index contributed by atoms with van der Waals surface area (Å²) >= 11 is 2.85. The molecule has 4 aromatic rings. The number of methoxy groups -OCH3 is 1. The summed E-state index contributed by atoms with van der Waals surface area (Å²) in [6, 6.07) is 26.0. The van der Waals surface area contributed by atoms with Gasteiger partial charge in [0, 0.05) is 15.5 Å². The zero-order valence-electron chi connectivity index (χ0n) is 23.3. The zero-order chi connectivity index (χ0) is 29.3. The Balaban J connectivity index is 1.34. The largest absolute Gasteiger partial charge is 0.484 e. The Hall–Kier alpha value is -4.08. The molecule has 216 valence electrons. The number of hydrogen-bond acceptors (Lipinski definition) is 7. The molecule has 1 unspecified atom stereocenters. The number of aryl methyl sites for hydroxylation is 1. The number of esters is 1. The van der Waals surface area contributed by atoms with Crippen LogP contribution < -0.4 is 15.4 Å². The average Bonchev–Trinajstić information content (AvgIpc) is 3.18. The van der Waals surface area contributed by atoms with Gasteiger partial charge in [0.05, 0.1) is 12.7 Å². The fourth-order valence-corrected chi connectivity index (χ4v) is 7.24. The molecule has 0 fully saturated rings. The summed E-state index contributed by atoms with van der Waals surface area (Å²) in [5.41, 5.74) is 2.91. The first-order valence-electron chi connectivity index (χ1n) is 13.8. The highest BCUT2D eigenvalue weighted by atomic mass is 32.2. The molecule has 0 saturated heterocycles. The lowest BCUT2D eigenvalue weighted by molar-refractivity contribution is -0.118. The van der Waals surface area contributed by atoms with Crippen molar-refractivity contribution in [2.24, 2.45) is 0 Å². The van der Waals surface area contributed by atoms with Gasteiger partial charge in [-0.05, 0) is 67.1 Å². The van der Waals surface area contributed by atoms with E-state index in [1.807, 2.05) is 66.7 Å². The number of para-hydroxylation sites is 1. The van der Waals surface area contributed by atoms with Crippen molar-refractivity contribution in [3.05, 3.63) is 106 Å². The van der Waals surface area contributed by atoms with Gasteiger partial charge in [-0.3, -0.25) is 9.59 Å². The van der Waals surface area contributed by atoms with Crippen molar-refractivity contribution in [1.29, 1.82) is 0 Å². The number of anilines is 2. The van der Waals surface area contributed by atoms with Gasteiger partial charge in [0.1, 0.15) is 16.0 Å². The summed E-state index contributed by atoms with van der Waals surface area (Å²) < 4.78 is 10.7. The number of fused-ring (bicyclic) bond motifs is 1. The van der Waals surface area contributed by atoms with E-state index in [-0.39, 0.29) is 18.4 Å². The third-order valence-electron chi connectivity index (χ3n) is 6.87. The molecule has 7 nitrogen and oxygen atoms in total. The summed E-state index contributed by atoms with van der Waals surface area (Å²) in [4.78, 5) is 41.2. The molecule has 0 aliphatic heterocycles. The topological polar surface area (TPSA) is 93.7 Å². The first kappa shape index (κ1) is 29.4. The second-order valence-corrected chi connectivity index (χ2v) is 12.1. The molecule has 1 aliphatic rings. The number of carbonyl (C=O) groups is 3. The predicted molar refractivity (Wildman–Crippen MR) is 168 cm³/mol. The number of thioether (sulfide) groups is 1. The summed E-state index contributed by atoms with van der Waals surface area (Å²) in [5, 5.41) is 5.88. The van der Waals surface area contributed by atoms with Gasteiger partial charge in [-0.1, -0.05) is 61.0 Å². The van der Waals surface area contributed by atoms with Gasteiger partial charge in [0.25, 0.3) is 5.91 Å². The minimum atomic E-state index is -0.606. The van der Waals surface area contributed by atoms with E-state index in [0.29, 0.717) is 22.0 Å². The molecule has 0 bridgehead atoms. The second-order valence-electron chi connectivity index (χ2n) is 9.84. The van der Waals surface area contributed by atoms with Gasteiger partial charge in [-0.25, -0.2) is 4.79 Å². The highest BCUT2D eigenvalue weighted by Crippen LogP contribution is 2.41. The van der Waals surface area contributed by atoms with E-state index in [2.05, 4.69) is 10.6 Å². The SMILES string of the molecule is COC(=O)c1c(NC(=O)C(Sc2cccc(NC(=O)COc3ccccc3)c2)c2ccccc2)sc2c1CCCCC2. The summed E-state index contributed by atoms with van der Waals surface area (Å²) in [5.74, 6) is -0.330. The van der Waals surface area contributed by atoms with Crippen LogP contribution in [0.3, 0.4) is 0 Å². The van der Waals surface area contributed by atoms with Crippen LogP contribution in [0.2, 0.25) is 0 Å². The van der Waals surface area contributed by atoms with Crippen LogP contribution in [-0.4, -0.2) is 31.5 Å². The Morgan fingerprint density at radius 1 is 0.881 bits per heavy atom. The molecule has 1 aromatic heterocycles. The highest BCUT2D eigenvalue weighted by molar-refractivity contribution is 8.00. The van der Waals surface area contributed by atoms with Crippen molar-refractivity contribution in [3.8, 4) is 5.75 Å². The Morgan fingerprint density at radius 3 is 2.38 bits per heavy atom. The zero-order valence-corrected chi connectivity index (χ0v) is 24.9. The van der Waals surface area contributed by atoms with E-state index in [1.54, 1.807) is 18.2 Å². The number of carbonyl (C=O) groups excluding carboxylic acids is 3. The molecule has 5 rings (SSSR count). The Bertz CT molecular complexity index is 1540. The van der Waals surface area contributed by atoms with E-state index >= 15 is 0 Å². The summed E-state index contributed by atoms with van der Waals surface area (Å²) in [6.07, 6.45) is 4.89. The van der Waals surface area contributed by atoms with Crippen molar-refractivity contribution in [2.45, 2.75) is 42.2 Å². The average molecular weight is 601 g/mol. The Morgan fingerprint density at radius 2 is 1.62 bits per heavy atom. The number of rotatable bonds is 10. The lowest BCUT2D eigenvalue weighted by Crippen LogP contribution is -2.21. The van der Waals surface area contributed by atoms with Crippen LogP contribution in [0, 0.1) is 0 Å². The number of thiophene rings is 1. The maximum Gasteiger partial charge on any atom is 0.341 e. The van der Waals surface area contributed by atoms with Crippen LogP contribution in [0.4, 0.5) is 10.7 Å². The van der Waals surface area contributed by atoms with Gasteiger partial charge < -0.3 is 20.1 Å². The van der Waals surface area contributed by atoms with Crippen LogP contribution in [-0.2, 0) is 27.2 Å². The number of ether oxygens (including phenoxy) is 2. The molecule has 1 aliphatic carbocycles. The predicted octanol–water partition coefficient (Wildman–Crippen LogP) is 7.29. The Kier molecular flexibility index (Phi) is 9.94.